The third-order valence-corrected chi connectivity index (χ3v) is 8.03. The van der Waals surface area contributed by atoms with Gasteiger partial charge in [0.2, 0.25) is 5.91 Å². The van der Waals surface area contributed by atoms with Crippen LogP contribution >= 0.6 is 23.2 Å². The first kappa shape index (κ1) is 33.9. The van der Waals surface area contributed by atoms with E-state index in [0.29, 0.717) is 6.42 Å². The smallest absolute Gasteiger partial charge is 0.243 e. The summed E-state index contributed by atoms with van der Waals surface area (Å²) >= 11 is 12.2. The number of rotatable bonds is 11. The number of halogens is 4. The molecule has 1 aliphatic heterocycles. The summed E-state index contributed by atoms with van der Waals surface area (Å²) in [6.45, 7) is 7.15. The maximum Gasteiger partial charge on any atom is 0.243 e. The second-order valence-corrected chi connectivity index (χ2v) is 13.0. The predicted octanol–water partition coefficient (Wildman–Crippen LogP) is 4.32. The van der Waals surface area contributed by atoms with Crippen LogP contribution in [0, 0.1) is 22.5 Å². The summed E-state index contributed by atoms with van der Waals surface area (Å²) in [4.78, 5) is 13.7. The molecule has 3 rings (SSSR count). The van der Waals surface area contributed by atoms with E-state index in [4.69, 9.17) is 34.3 Å². The molecule has 2 aromatic rings. The van der Waals surface area contributed by atoms with Gasteiger partial charge >= 0.3 is 0 Å². The van der Waals surface area contributed by atoms with Gasteiger partial charge in [0.15, 0.2) is 0 Å². The van der Waals surface area contributed by atoms with Crippen LogP contribution in [0.2, 0.25) is 10.0 Å². The maximum absolute atomic E-state index is 15.7. The van der Waals surface area contributed by atoms with Gasteiger partial charge in [0, 0.05) is 41.9 Å². The Balaban J connectivity index is 2.12. The molecule has 0 aliphatic carbocycles. The molecule has 1 heterocycles. The standard InChI is InChI=1S/C30H39Cl2F2N5O3/c1-28(2,11-13-40)15-22-30(36,19-9-8-17(31)14-21(19)33)24(18-6-5-7-20(32)25(18)34)26(38-22)27(41)39-23(35)10-12-37-16-29(3,4)42/h5-10,12,14,22,24,26,37-38,40,42H,11,13,15-16,36H2,1-4H3,(H2,35,39,41)/b12-10-/t22-,24-,26+,30+/m0/s1. The average molecular weight is 627 g/mol. The highest BCUT2D eigenvalue weighted by atomic mass is 35.5. The summed E-state index contributed by atoms with van der Waals surface area (Å²) in [5, 5.41) is 36.3. The molecular weight excluding hydrogens is 587 g/mol. The first-order chi connectivity index (χ1) is 19.5. The Labute approximate surface area is 255 Å². The van der Waals surface area contributed by atoms with Crippen molar-refractivity contribution in [3.63, 3.8) is 0 Å². The Bertz CT molecular complexity index is 1330. The van der Waals surface area contributed by atoms with Gasteiger partial charge in [-0.1, -0.05) is 55.2 Å². The fourth-order valence-electron chi connectivity index (χ4n) is 5.45. The largest absolute Gasteiger partial charge is 0.396 e. The Morgan fingerprint density at radius 1 is 1.21 bits per heavy atom. The Hall–Kier alpha value is -2.60. The number of nitrogens with two attached hydrogens (primary N) is 1. The molecule has 1 aliphatic rings. The lowest BCUT2D eigenvalue weighted by Crippen LogP contribution is -2.52. The number of hydrogen-bond donors (Lipinski definition) is 7. The molecule has 1 saturated heterocycles. The fraction of sp³-hybridized carbons (Fsp3) is 0.467. The summed E-state index contributed by atoms with van der Waals surface area (Å²) in [6, 6.07) is 6.36. The zero-order chi connectivity index (χ0) is 31.5. The summed E-state index contributed by atoms with van der Waals surface area (Å²) in [7, 11) is 0. The van der Waals surface area contributed by atoms with E-state index in [-0.39, 0.29) is 46.6 Å². The van der Waals surface area contributed by atoms with Crippen LogP contribution in [0.15, 0.2) is 48.7 Å². The Morgan fingerprint density at radius 2 is 1.90 bits per heavy atom. The molecule has 0 aromatic heterocycles. The van der Waals surface area contributed by atoms with Crippen LogP contribution in [0.1, 0.15) is 57.6 Å². The molecule has 0 radical (unpaired) electrons. The van der Waals surface area contributed by atoms with Crippen molar-refractivity contribution in [2.24, 2.45) is 11.1 Å². The van der Waals surface area contributed by atoms with E-state index in [2.05, 4.69) is 16.0 Å². The molecule has 2 aromatic carbocycles. The van der Waals surface area contributed by atoms with E-state index < -0.39 is 52.1 Å². The Morgan fingerprint density at radius 3 is 2.52 bits per heavy atom. The van der Waals surface area contributed by atoms with Gasteiger partial charge in [-0.3, -0.25) is 10.2 Å². The minimum Gasteiger partial charge on any atom is -0.396 e. The summed E-state index contributed by atoms with van der Waals surface area (Å²) in [5.74, 6) is -3.66. The van der Waals surface area contributed by atoms with E-state index in [9.17, 15) is 15.0 Å². The van der Waals surface area contributed by atoms with Crippen molar-refractivity contribution in [2.75, 3.05) is 13.2 Å². The van der Waals surface area contributed by atoms with Crippen molar-refractivity contribution in [3.8, 4) is 0 Å². The van der Waals surface area contributed by atoms with Crippen LogP contribution in [0.5, 0.6) is 0 Å². The van der Waals surface area contributed by atoms with Crippen LogP contribution in [0.25, 0.3) is 0 Å². The number of amidine groups is 1. The zero-order valence-corrected chi connectivity index (χ0v) is 25.6. The van der Waals surface area contributed by atoms with Crippen LogP contribution in [-0.4, -0.2) is 52.8 Å². The molecular formula is C30H39Cl2F2N5O3. The third-order valence-electron chi connectivity index (χ3n) is 7.51. The molecule has 1 amide bonds. The lowest BCUT2D eigenvalue weighted by atomic mass is 9.67. The predicted molar refractivity (Wildman–Crippen MR) is 162 cm³/mol. The van der Waals surface area contributed by atoms with Gasteiger partial charge in [-0.05, 0) is 61.9 Å². The lowest BCUT2D eigenvalue weighted by molar-refractivity contribution is -0.121. The molecule has 0 spiro atoms. The summed E-state index contributed by atoms with van der Waals surface area (Å²) < 4.78 is 31.3. The number of hydrogen-bond acceptors (Lipinski definition) is 7. The van der Waals surface area contributed by atoms with Gasteiger partial charge in [0.05, 0.1) is 22.2 Å². The number of benzene rings is 2. The van der Waals surface area contributed by atoms with Crippen molar-refractivity contribution in [3.05, 3.63) is 81.5 Å². The fourth-order valence-corrected chi connectivity index (χ4v) is 5.79. The van der Waals surface area contributed by atoms with E-state index >= 15 is 8.78 Å². The average Bonchev–Trinajstić information content (AvgIpc) is 3.14. The van der Waals surface area contributed by atoms with E-state index in [1.54, 1.807) is 13.8 Å². The van der Waals surface area contributed by atoms with Gasteiger partial charge in [-0.25, -0.2) is 8.78 Å². The van der Waals surface area contributed by atoms with Crippen molar-refractivity contribution >= 4 is 34.9 Å². The molecule has 8 nitrogen and oxygen atoms in total. The number of nitrogens with one attached hydrogen (secondary N) is 4. The molecule has 0 bridgehead atoms. The van der Waals surface area contributed by atoms with Gasteiger partial charge < -0.3 is 31.9 Å². The van der Waals surface area contributed by atoms with E-state index in [1.165, 1.54) is 42.6 Å². The van der Waals surface area contributed by atoms with Gasteiger partial charge in [-0.2, -0.15) is 0 Å². The maximum atomic E-state index is 15.7. The van der Waals surface area contributed by atoms with Gasteiger partial charge in [0.25, 0.3) is 0 Å². The van der Waals surface area contributed by atoms with Crippen molar-refractivity contribution in [2.45, 2.75) is 69.7 Å². The molecule has 0 unspecified atom stereocenters. The Kier molecular flexibility index (Phi) is 10.8. The molecule has 4 atom stereocenters. The zero-order valence-electron chi connectivity index (χ0n) is 24.1. The first-order valence-corrected chi connectivity index (χ1v) is 14.3. The monoisotopic (exact) mass is 625 g/mol. The van der Waals surface area contributed by atoms with Crippen LogP contribution in [0.4, 0.5) is 8.78 Å². The molecule has 230 valence electrons. The topological polar surface area (TPSA) is 143 Å². The number of aliphatic hydroxyl groups is 2. The number of aliphatic hydroxyl groups excluding tert-OH is 1. The molecule has 0 saturated carbocycles. The van der Waals surface area contributed by atoms with Crippen molar-refractivity contribution in [1.29, 1.82) is 5.41 Å². The first-order valence-electron chi connectivity index (χ1n) is 13.6. The number of amides is 1. The minimum absolute atomic E-state index is 0.00313. The number of carbonyl (C=O) groups is 1. The molecule has 1 fully saturated rings. The van der Waals surface area contributed by atoms with Gasteiger partial charge in [0.1, 0.15) is 17.5 Å². The van der Waals surface area contributed by atoms with Crippen LogP contribution < -0.4 is 21.7 Å². The highest BCUT2D eigenvalue weighted by Gasteiger charge is 2.58. The van der Waals surface area contributed by atoms with Crippen molar-refractivity contribution < 1.29 is 23.8 Å². The normalized spacial score (nSPS) is 22.9. The minimum atomic E-state index is -1.69. The lowest BCUT2D eigenvalue weighted by Gasteiger charge is -2.40. The second-order valence-electron chi connectivity index (χ2n) is 12.1. The van der Waals surface area contributed by atoms with Crippen LogP contribution in [0.3, 0.4) is 0 Å². The van der Waals surface area contributed by atoms with E-state index in [1.807, 2.05) is 13.8 Å². The highest BCUT2D eigenvalue weighted by Crippen LogP contribution is 2.50. The van der Waals surface area contributed by atoms with Crippen molar-refractivity contribution in [1.82, 2.24) is 16.0 Å². The molecule has 12 heteroatoms. The van der Waals surface area contributed by atoms with Gasteiger partial charge in [-0.15, -0.1) is 0 Å². The van der Waals surface area contributed by atoms with E-state index in [0.717, 1.165) is 6.07 Å². The SMILES string of the molecule is CC(C)(O)CN/C=C\C(=N)NC(=O)[C@@H]1N[C@@H](CC(C)(C)CCO)[C@](N)(c2ccc(Cl)cc2F)[C@H]1c1cccc(Cl)c1F. The number of carbonyl (C=O) groups excluding carboxylic acids is 1. The van der Waals surface area contributed by atoms with Crippen LogP contribution in [-0.2, 0) is 10.3 Å². The third kappa shape index (κ3) is 7.86. The highest BCUT2D eigenvalue weighted by molar-refractivity contribution is 6.31. The molecule has 8 N–H and O–H groups in total. The second kappa shape index (κ2) is 13.4. The molecule has 42 heavy (non-hydrogen) atoms. The quantitative estimate of drug-likeness (QED) is 0.146. The summed E-state index contributed by atoms with van der Waals surface area (Å²) in [6.07, 6.45) is 3.38. The summed E-state index contributed by atoms with van der Waals surface area (Å²) in [5.41, 5.74) is 4.01.